The zero-order valence-corrected chi connectivity index (χ0v) is 17.4. The minimum absolute atomic E-state index is 0.00959. The summed E-state index contributed by atoms with van der Waals surface area (Å²) < 4.78 is 14.9. The molecule has 3 N–H and O–H groups in total. The number of hydrogen-bond acceptors (Lipinski definition) is 5. The van der Waals surface area contributed by atoms with Crippen LogP contribution >= 0.6 is 22.9 Å². The van der Waals surface area contributed by atoms with Gasteiger partial charge < -0.3 is 20.6 Å². The van der Waals surface area contributed by atoms with E-state index >= 15 is 0 Å². The first-order valence-corrected chi connectivity index (χ1v) is 10.3. The number of urea groups is 1. The van der Waals surface area contributed by atoms with Crippen LogP contribution in [0.15, 0.2) is 30.3 Å². The minimum Gasteiger partial charge on any atom is -0.389 e. The topological polar surface area (TPSA) is 84.9 Å². The van der Waals surface area contributed by atoms with Crippen LogP contribution in [0.3, 0.4) is 0 Å². The van der Waals surface area contributed by atoms with E-state index in [-0.39, 0.29) is 30.7 Å². The van der Waals surface area contributed by atoms with Crippen molar-refractivity contribution in [3.05, 3.63) is 45.4 Å². The molecule has 1 aromatic heterocycles. The van der Waals surface area contributed by atoms with E-state index in [4.69, 9.17) is 11.6 Å². The van der Waals surface area contributed by atoms with Crippen LogP contribution in [0.25, 0.3) is 0 Å². The van der Waals surface area contributed by atoms with Crippen molar-refractivity contribution in [3.63, 3.8) is 0 Å². The normalized spacial score (nSPS) is 15.4. The van der Waals surface area contributed by atoms with Gasteiger partial charge in [-0.25, -0.2) is 9.18 Å². The molecule has 1 fully saturated rings. The fourth-order valence-electron chi connectivity index (χ4n) is 2.95. The van der Waals surface area contributed by atoms with Gasteiger partial charge in [-0.2, -0.15) is 0 Å². The number of rotatable bonds is 7. The first-order valence-electron chi connectivity index (χ1n) is 9.13. The molecule has 3 amide bonds. The minimum atomic E-state index is -0.911. The Balaban J connectivity index is 1.51. The summed E-state index contributed by atoms with van der Waals surface area (Å²) in [6.45, 7) is 1.29. The van der Waals surface area contributed by atoms with Gasteiger partial charge in [0.25, 0.3) is 5.91 Å². The average molecular weight is 441 g/mol. The van der Waals surface area contributed by atoms with Crippen molar-refractivity contribution in [1.29, 1.82) is 0 Å². The van der Waals surface area contributed by atoms with Crippen LogP contribution in [0, 0.1) is 5.82 Å². The number of amides is 3. The average Bonchev–Trinajstić information content (AvgIpc) is 3.13. The van der Waals surface area contributed by atoms with Crippen molar-refractivity contribution in [1.82, 2.24) is 10.2 Å². The Labute approximate surface area is 177 Å². The molecule has 156 valence electrons. The quantitative estimate of drug-likeness (QED) is 0.618. The SMILES string of the molecule is CN1CCCN(c2ccc(NC[C@H](O)CNC(=O)c3ccc(Cl)s3)c(F)c2)C1=O. The molecular formula is C19H22ClFN4O3S. The third kappa shape index (κ3) is 5.37. The van der Waals surface area contributed by atoms with E-state index in [1.165, 1.54) is 17.0 Å². The van der Waals surface area contributed by atoms with Gasteiger partial charge in [0.05, 0.1) is 21.0 Å². The van der Waals surface area contributed by atoms with Crippen molar-refractivity contribution in [2.45, 2.75) is 12.5 Å². The Morgan fingerprint density at radius 3 is 2.79 bits per heavy atom. The summed E-state index contributed by atoms with van der Waals surface area (Å²) >= 11 is 6.94. The second kappa shape index (κ2) is 9.43. The predicted molar refractivity (Wildman–Crippen MR) is 113 cm³/mol. The highest BCUT2D eigenvalue weighted by Gasteiger charge is 2.24. The zero-order chi connectivity index (χ0) is 21.0. The Kier molecular flexibility index (Phi) is 6.94. The molecule has 29 heavy (non-hydrogen) atoms. The van der Waals surface area contributed by atoms with E-state index in [0.717, 1.165) is 17.8 Å². The van der Waals surface area contributed by atoms with Crippen LogP contribution in [0.4, 0.5) is 20.6 Å². The van der Waals surface area contributed by atoms with Crippen molar-refractivity contribution < 1.29 is 19.1 Å². The summed E-state index contributed by atoms with van der Waals surface area (Å²) in [5, 5.41) is 15.5. The Morgan fingerprint density at radius 2 is 2.10 bits per heavy atom. The highest BCUT2D eigenvalue weighted by Crippen LogP contribution is 2.25. The van der Waals surface area contributed by atoms with Crippen LogP contribution in [0.1, 0.15) is 16.1 Å². The van der Waals surface area contributed by atoms with Gasteiger partial charge in [-0.3, -0.25) is 9.69 Å². The van der Waals surface area contributed by atoms with Gasteiger partial charge in [-0.15, -0.1) is 11.3 Å². The Morgan fingerprint density at radius 1 is 1.31 bits per heavy atom. The summed E-state index contributed by atoms with van der Waals surface area (Å²) in [5.41, 5.74) is 0.703. The van der Waals surface area contributed by atoms with Crippen LogP contribution in [0.5, 0.6) is 0 Å². The zero-order valence-electron chi connectivity index (χ0n) is 15.8. The second-order valence-corrected chi connectivity index (χ2v) is 8.44. The first-order chi connectivity index (χ1) is 13.8. The van der Waals surface area contributed by atoms with Gasteiger partial charge >= 0.3 is 6.03 Å². The van der Waals surface area contributed by atoms with Gasteiger partial charge in [-0.1, -0.05) is 11.6 Å². The molecule has 10 heteroatoms. The molecule has 2 heterocycles. The number of benzene rings is 1. The number of nitrogens with zero attached hydrogens (tertiary/aromatic N) is 2. The molecule has 0 saturated carbocycles. The molecule has 1 aliphatic rings. The highest BCUT2D eigenvalue weighted by atomic mass is 35.5. The molecule has 1 atom stereocenters. The molecule has 0 unspecified atom stereocenters. The van der Waals surface area contributed by atoms with Crippen molar-refractivity contribution in [2.24, 2.45) is 0 Å². The van der Waals surface area contributed by atoms with E-state index < -0.39 is 11.9 Å². The lowest BCUT2D eigenvalue weighted by atomic mass is 10.2. The number of halogens is 2. The molecule has 2 aromatic rings. The number of carbonyl (C=O) groups excluding carboxylic acids is 2. The van der Waals surface area contributed by atoms with Crippen LogP contribution in [-0.4, -0.2) is 61.3 Å². The summed E-state index contributed by atoms with van der Waals surface area (Å²) in [4.78, 5) is 27.7. The fraction of sp³-hybridized carbons (Fsp3) is 0.368. The van der Waals surface area contributed by atoms with E-state index in [1.807, 2.05) is 0 Å². The maximum atomic E-state index is 14.4. The van der Waals surface area contributed by atoms with Crippen molar-refractivity contribution in [2.75, 3.05) is 43.4 Å². The number of hydrogen-bond donors (Lipinski definition) is 3. The fourth-order valence-corrected chi connectivity index (χ4v) is 3.91. The predicted octanol–water partition coefficient (Wildman–Crippen LogP) is 3.01. The Bertz CT molecular complexity index is 894. The van der Waals surface area contributed by atoms with Crippen molar-refractivity contribution >= 4 is 46.3 Å². The van der Waals surface area contributed by atoms with Crippen molar-refractivity contribution in [3.8, 4) is 0 Å². The lowest BCUT2D eigenvalue weighted by Gasteiger charge is -2.33. The molecule has 0 aliphatic carbocycles. The molecule has 1 saturated heterocycles. The summed E-state index contributed by atoms with van der Waals surface area (Å²) in [6, 6.07) is 7.57. The molecule has 0 spiro atoms. The third-order valence-electron chi connectivity index (χ3n) is 4.52. The molecular weight excluding hydrogens is 419 g/mol. The summed E-state index contributed by atoms with van der Waals surface area (Å²) in [6.07, 6.45) is -0.0924. The van der Waals surface area contributed by atoms with Gasteiger partial charge in [0, 0.05) is 38.9 Å². The molecule has 7 nitrogen and oxygen atoms in total. The Hall–Kier alpha value is -2.36. The van der Waals surface area contributed by atoms with Gasteiger partial charge in [0.2, 0.25) is 0 Å². The number of aliphatic hydroxyl groups is 1. The first kappa shape index (κ1) is 21.4. The van der Waals surface area contributed by atoms with Crippen LogP contribution in [-0.2, 0) is 0 Å². The molecule has 1 aliphatic heterocycles. The van der Waals surface area contributed by atoms with Crippen LogP contribution in [0.2, 0.25) is 4.34 Å². The molecule has 0 bridgehead atoms. The monoisotopic (exact) mass is 440 g/mol. The summed E-state index contributed by atoms with van der Waals surface area (Å²) in [5.74, 6) is -0.847. The number of thiophene rings is 1. The maximum Gasteiger partial charge on any atom is 0.324 e. The standard InChI is InChI=1S/C19H22ClFN4O3S/c1-24-7-2-8-25(19(24)28)12-3-4-15(14(21)9-12)22-10-13(26)11-23-18(27)16-5-6-17(20)29-16/h3-6,9,13,22,26H,2,7-8,10-11H2,1H3,(H,23,27)/t13-/m0/s1. The largest absolute Gasteiger partial charge is 0.389 e. The van der Waals surface area contributed by atoms with Gasteiger partial charge in [-0.05, 0) is 36.8 Å². The van der Waals surface area contributed by atoms with E-state index in [1.54, 1.807) is 30.1 Å². The lowest BCUT2D eigenvalue weighted by Crippen LogP contribution is -2.47. The number of aliphatic hydroxyl groups excluding tert-OH is 1. The smallest absolute Gasteiger partial charge is 0.324 e. The lowest BCUT2D eigenvalue weighted by molar-refractivity contribution is 0.0925. The number of nitrogens with one attached hydrogen (secondary N) is 2. The molecule has 0 radical (unpaired) electrons. The van der Waals surface area contributed by atoms with Crippen LogP contribution < -0.4 is 15.5 Å². The van der Waals surface area contributed by atoms with E-state index in [2.05, 4.69) is 10.6 Å². The number of carbonyl (C=O) groups is 2. The molecule has 3 rings (SSSR count). The van der Waals surface area contributed by atoms with E-state index in [0.29, 0.717) is 28.0 Å². The highest BCUT2D eigenvalue weighted by molar-refractivity contribution is 7.17. The maximum absolute atomic E-state index is 14.4. The second-order valence-electron chi connectivity index (χ2n) is 6.72. The van der Waals surface area contributed by atoms with Gasteiger partial charge in [0.1, 0.15) is 5.82 Å². The van der Waals surface area contributed by atoms with Gasteiger partial charge in [0.15, 0.2) is 0 Å². The number of anilines is 2. The summed E-state index contributed by atoms with van der Waals surface area (Å²) in [7, 11) is 1.72. The molecule has 1 aromatic carbocycles. The third-order valence-corrected chi connectivity index (χ3v) is 5.75. The van der Waals surface area contributed by atoms with E-state index in [9.17, 15) is 19.1 Å².